The van der Waals surface area contributed by atoms with Gasteiger partial charge in [0.05, 0.1) is 15.8 Å². The van der Waals surface area contributed by atoms with E-state index in [4.69, 9.17) is 23.2 Å². The molecule has 22 heavy (non-hydrogen) atoms. The number of benzene rings is 1. The van der Waals surface area contributed by atoms with E-state index in [2.05, 4.69) is 5.32 Å². The van der Waals surface area contributed by atoms with E-state index >= 15 is 0 Å². The van der Waals surface area contributed by atoms with Crippen LogP contribution < -0.4 is 5.32 Å². The minimum Gasteiger partial charge on any atom is -0.351 e. The summed E-state index contributed by atoms with van der Waals surface area (Å²) in [5.41, 5.74) is 0.630. The fourth-order valence-electron chi connectivity index (χ4n) is 1.76. The van der Waals surface area contributed by atoms with Crippen LogP contribution in [0, 0.1) is 0 Å². The summed E-state index contributed by atoms with van der Waals surface area (Å²) in [4.78, 5) is 35.5. The quantitative estimate of drug-likeness (QED) is 0.821. The lowest BCUT2D eigenvalue weighted by molar-refractivity contribution is -0.125. The van der Waals surface area contributed by atoms with Crippen molar-refractivity contribution >= 4 is 58.1 Å². The number of carbonyl (C=O) groups excluding carboxylic acids is 3. The Labute approximate surface area is 141 Å². The van der Waals surface area contributed by atoms with E-state index < -0.39 is 0 Å². The minimum absolute atomic E-state index is 0.167. The SMILES string of the molecule is O=C(/C=C/c1cccc(Cl)c1Cl)NCCN1C(=O)CSC1=O. The Hall–Kier alpha value is -1.50. The Bertz CT molecular complexity index is 633. The van der Waals surface area contributed by atoms with Gasteiger partial charge in [0.2, 0.25) is 11.8 Å². The van der Waals surface area contributed by atoms with E-state index in [1.807, 2.05) is 0 Å². The maximum absolute atomic E-state index is 11.7. The molecule has 1 heterocycles. The van der Waals surface area contributed by atoms with Crippen molar-refractivity contribution in [2.24, 2.45) is 0 Å². The first-order valence-corrected chi connectivity index (χ1v) is 8.10. The summed E-state index contributed by atoms with van der Waals surface area (Å²) < 4.78 is 0. The molecule has 1 saturated heterocycles. The van der Waals surface area contributed by atoms with Crippen molar-refractivity contribution in [2.75, 3.05) is 18.8 Å². The molecule has 0 radical (unpaired) electrons. The lowest BCUT2D eigenvalue weighted by atomic mass is 10.2. The van der Waals surface area contributed by atoms with Gasteiger partial charge < -0.3 is 5.32 Å². The number of nitrogens with zero attached hydrogens (tertiary/aromatic N) is 1. The van der Waals surface area contributed by atoms with E-state index in [0.29, 0.717) is 15.6 Å². The van der Waals surface area contributed by atoms with E-state index in [1.165, 1.54) is 6.08 Å². The molecular weight excluding hydrogens is 347 g/mol. The van der Waals surface area contributed by atoms with Gasteiger partial charge in [0.25, 0.3) is 5.24 Å². The van der Waals surface area contributed by atoms with Crippen molar-refractivity contribution in [1.82, 2.24) is 10.2 Å². The third-order valence-electron chi connectivity index (χ3n) is 2.87. The molecule has 1 fully saturated rings. The Kier molecular flexibility index (Phi) is 5.88. The van der Waals surface area contributed by atoms with Crippen LogP contribution in [0.1, 0.15) is 5.56 Å². The first-order chi connectivity index (χ1) is 10.5. The van der Waals surface area contributed by atoms with Crippen LogP contribution in [0.5, 0.6) is 0 Å². The molecule has 5 nitrogen and oxygen atoms in total. The van der Waals surface area contributed by atoms with Crippen LogP contribution in [0.15, 0.2) is 24.3 Å². The van der Waals surface area contributed by atoms with Crippen molar-refractivity contribution in [2.45, 2.75) is 0 Å². The topological polar surface area (TPSA) is 66.5 Å². The summed E-state index contributed by atoms with van der Waals surface area (Å²) in [5, 5.41) is 3.10. The summed E-state index contributed by atoms with van der Waals surface area (Å²) >= 11 is 12.8. The maximum Gasteiger partial charge on any atom is 0.288 e. The Morgan fingerprint density at radius 1 is 1.36 bits per heavy atom. The molecule has 1 N–H and O–H groups in total. The molecule has 2 rings (SSSR count). The summed E-state index contributed by atoms with van der Waals surface area (Å²) in [7, 11) is 0. The molecule has 0 bridgehead atoms. The smallest absolute Gasteiger partial charge is 0.288 e. The molecule has 1 aromatic carbocycles. The summed E-state index contributed by atoms with van der Waals surface area (Å²) in [5.74, 6) is -0.409. The van der Waals surface area contributed by atoms with Gasteiger partial charge in [0.15, 0.2) is 0 Å². The Morgan fingerprint density at radius 3 is 2.82 bits per heavy atom. The van der Waals surface area contributed by atoms with Gasteiger partial charge in [-0.05, 0) is 17.7 Å². The third kappa shape index (κ3) is 4.25. The number of amides is 3. The largest absolute Gasteiger partial charge is 0.351 e. The van der Waals surface area contributed by atoms with E-state index in [0.717, 1.165) is 16.7 Å². The van der Waals surface area contributed by atoms with Crippen LogP contribution in [-0.4, -0.2) is 40.8 Å². The Morgan fingerprint density at radius 2 is 2.14 bits per heavy atom. The molecule has 0 saturated carbocycles. The fraction of sp³-hybridized carbons (Fsp3) is 0.214. The molecule has 1 aromatic rings. The highest BCUT2D eigenvalue weighted by molar-refractivity contribution is 8.14. The molecule has 0 aliphatic carbocycles. The first kappa shape index (κ1) is 16.9. The molecule has 0 atom stereocenters. The zero-order valence-corrected chi connectivity index (χ0v) is 13.7. The zero-order chi connectivity index (χ0) is 16.1. The van der Waals surface area contributed by atoms with Gasteiger partial charge >= 0.3 is 0 Å². The zero-order valence-electron chi connectivity index (χ0n) is 11.3. The molecule has 1 aliphatic heterocycles. The highest BCUT2D eigenvalue weighted by atomic mass is 35.5. The van der Waals surface area contributed by atoms with E-state index in [9.17, 15) is 14.4 Å². The van der Waals surface area contributed by atoms with Crippen molar-refractivity contribution in [3.63, 3.8) is 0 Å². The number of hydrogen-bond donors (Lipinski definition) is 1. The van der Waals surface area contributed by atoms with Crippen LogP contribution in [0.4, 0.5) is 4.79 Å². The Balaban J connectivity index is 1.83. The van der Waals surface area contributed by atoms with Gasteiger partial charge in [-0.1, -0.05) is 47.1 Å². The number of hydrogen-bond acceptors (Lipinski definition) is 4. The van der Waals surface area contributed by atoms with Crippen molar-refractivity contribution in [3.8, 4) is 0 Å². The predicted molar refractivity (Wildman–Crippen MR) is 88.1 cm³/mol. The van der Waals surface area contributed by atoms with Gasteiger partial charge in [-0.25, -0.2) is 0 Å². The van der Waals surface area contributed by atoms with Crippen LogP contribution >= 0.6 is 35.0 Å². The van der Waals surface area contributed by atoms with Gasteiger partial charge in [-0.15, -0.1) is 0 Å². The third-order valence-corrected chi connectivity index (χ3v) is 4.56. The monoisotopic (exact) mass is 358 g/mol. The highest BCUT2D eigenvalue weighted by Gasteiger charge is 2.29. The summed E-state index contributed by atoms with van der Waals surface area (Å²) in [6, 6.07) is 5.12. The highest BCUT2D eigenvalue weighted by Crippen LogP contribution is 2.26. The average Bonchev–Trinajstić information content (AvgIpc) is 2.80. The number of thioether (sulfide) groups is 1. The number of imide groups is 1. The molecule has 0 spiro atoms. The normalized spacial score (nSPS) is 14.9. The first-order valence-electron chi connectivity index (χ1n) is 6.36. The fourth-order valence-corrected chi connectivity index (χ4v) is 2.88. The van der Waals surface area contributed by atoms with Crippen molar-refractivity contribution in [3.05, 3.63) is 39.9 Å². The molecule has 1 aliphatic rings. The second-order valence-corrected chi connectivity index (χ2v) is 6.08. The number of halogens is 2. The standard InChI is InChI=1S/C14H12Cl2N2O3S/c15-10-3-1-2-9(13(10)16)4-5-11(19)17-6-7-18-12(20)8-22-14(18)21/h1-5H,6-8H2,(H,17,19)/b5-4+. The molecule has 116 valence electrons. The van der Waals surface area contributed by atoms with Gasteiger partial charge in [-0.2, -0.15) is 0 Å². The van der Waals surface area contributed by atoms with E-state index in [1.54, 1.807) is 24.3 Å². The van der Waals surface area contributed by atoms with Gasteiger partial charge in [0, 0.05) is 19.2 Å². The minimum atomic E-state index is -0.345. The lowest BCUT2D eigenvalue weighted by Gasteiger charge is -2.12. The lowest BCUT2D eigenvalue weighted by Crippen LogP contribution is -2.37. The average molecular weight is 359 g/mol. The summed E-state index contributed by atoms with van der Waals surface area (Å²) in [6.07, 6.45) is 2.87. The van der Waals surface area contributed by atoms with Crippen LogP contribution in [0.2, 0.25) is 10.0 Å². The van der Waals surface area contributed by atoms with E-state index in [-0.39, 0.29) is 35.9 Å². The van der Waals surface area contributed by atoms with Crippen LogP contribution in [0.25, 0.3) is 6.08 Å². The van der Waals surface area contributed by atoms with Gasteiger partial charge in [-0.3, -0.25) is 19.3 Å². The number of carbonyl (C=O) groups is 3. The molecule has 0 unspecified atom stereocenters. The van der Waals surface area contributed by atoms with Crippen LogP contribution in [0.3, 0.4) is 0 Å². The second kappa shape index (κ2) is 7.67. The van der Waals surface area contributed by atoms with Crippen molar-refractivity contribution < 1.29 is 14.4 Å². The second-order valence-electron chi connectivity index (χ2n) is 4.37. The molecule has 8 heteroatoms. The van der Waals surface area contributed by atoms with Gasteiger partial charge in [0.1, 0.15) is 0 Å². The molecule has 0 aromatic heterocycles. The maximum atomic E-state index is 11.7. The molecule has 3 amide bonds. The van der Waals surface area contributed by atoms with Crippen molar-refractivity contribution in [1.29, 1.82) is 0 Å². The summed E-state index contributed by atoms with van der Waals surface area (Å²) in [6.45, 7) is 0.368. The van der Waals surface area contributed by atoms with Crippen LogP contribution in [-0.2, 0) is 9.59 Å². The number of nitrogens with one attached hydrogen (secondary N) is 1. The predicted octanol–water partition coefficient (Wildman–Crippen LogP) is 2.82. The molecular formula is C14H12Cl2N2O3S. The number of rotatable bonds is 5.